The number of hydrogen-bond acceptors (Lipinski definition) is 1. The lowest BCUT2D eigenvalue weighted by Crippen LogP contribution is -2.24. The lowest BCUT2D eigenvalue weighted by atomic mass is 9.97. The molecule has 0 unspecified atom stereocenters. The van der Waals surface area contributed by atoms with Crippen molar-refractivity contribution in [2.75, 3.05) is 0 Å². The quantitative estimate of drug-likeness (QED) is 0.440. The van der Waals surface area contributed by atoms with E-state index in [9.17, 15) is 4.79 Å². The summed E-state index contributed by atoms with van der Waals surface area (Å²) in [5.74, 6) is 0. The van der Waals surface area contributed by atoms with Crippen LogP contribution in [-0.2, 0) is 6.54 Å². The Bertz CT molecular complexity index is 968. The van der Waals surface area contributed by atoms with Crippen molar-refractivity contribution in [3.8, 4) is 11.1 Å². The molecule has 144 valence electrons. The third kappa shape index (κ3) is 4.89. The van der Waals surface area contributed by atoms with Crippen molar-refractivity contribution in [3.05, 3.63) is 100 Å². The van der Waals surface area contributed by atoms with E-state index in [0.717, 1.165) is 47.9 Å². The summed E-state index contributed by atoms with van der Waals surface area (Å²) in [5.41, 5.74) is 5.47. The monoisotopic (exact) mass is 371 g/mol. The highest BCUT2D eigenvalue weighted by molar-refractivity contribution is 5.71. The zero-order valence-corrected chi connectivity index (χ0v) is 16.9. The number of rotatable bonds is 8. The minimum atomic E-state index is 0.0966. The molecule has 3 rings (SSSR count). The van der Waals surface area contributed by atoms with E-state index in [1.54, 1.807) is 0 Å². The fourth-order valence-corrected chi connectivity index (χ4v) is 3.49. The number of benzene rings is 2. The molecule has 0 aliphatic rings. The first-order valence-electron chi connectivity index (χ1n) is 10.3. The van der Waals surface area contributed by atoms with Crippen LogP contribution in [0.1, 0.15) is 50.7 Å². The fraction of sp³-hybridized carbons (Fsp3) is 0.269. The first-order valence-corrected chi connectivity index (χ1v) is 10.3. The van der Waals surface area contributed by atoms with Crippen LogP contribution in [0, 0.1) is 0 Å². The molecule has 0 atom stereocenters. The second-order valence-electron chi connectivity index (χ2n) is 7.20. The summed E-state index contributed by atoms with van der Waals surface area (Å²) in [6.45, 7) is 4.93. The van der Waals surface area contributed by atoms with Crippen molar-refractivity contribution in [1.29, 1.82) is 0 Å². The van der Waals surface area contributed by atoms with Crippen LogP contribution in [0.4, 0.5) is 0 Å². The highest BCUT2D eigenvalue weighted by Gasteiger charge is 2.12. The van der Waals surface area contributed by atoms with Crippen molar-refractivity contribution >= 4 is 5.57 Å². The third-order valence-corrected chi connectivity index (χ3v) is 4.93. The maximum atomic E-state index is 13.4. The lowest BCUT2D eigenvalue weighted by molar-refractivity contribution is 0.756. The second kappa shape index (κ2) is 9.89. The molecule has 0 saturated heterocycles. The summed E-state index contributed by atoms with van der Waals surface area (Å²) >= 11 is 0. The third-order valence-electron chi connectivity index (χ3n) is 4.93. The molecule has 0 saturated carbocycles. The van der Waals surface area contributed by atoms with Crippen molar-refractivity contribution in [2.45, 2.75) is 46.1 Å². The molecule has 0 aliphatic carbocycles. The summed E-state index contributed by atoms with van der Waals surface area (Å²) in [6.07, 6.45) is 8.30. The summed E-state index contributed by atoms with van der Waals surface area (Å²) < 4.78 is 1.86. The van der Waals surface area contributed by atoms with Gasteiger partial charge in [0.25, 0.3) is 5.56 Å². The van der Waals surface area contributed by atoms with E-state index < -0.39 is 0 Å². The van der Waals surface area contributed by atoms with Crippen LogP contribution in [0.5, 0.6) is 0 Å². The van der Waals surface area contributed by atoms with Gasteiger partial charge < -0.3 is 4.57 Å². The number of allylic oxidation sites excluding steroid dienone is 2. The molecule has 0 spiro atoms. The predicted octanol–water partition coefficient (Wildman–Crippen LogP) is 6.55. The minimum absolute atomic E-state index is 0.0966. The van der Waals surface area contributed by atoms with E-state index in [1.807, 2.05) is 47.2 Å². The fourth-order valence-electron chi connectivity index (χ4n) is 3.49. The van der Waals surface area contributed by atoms with Crippen molar-refractivity contribution in [3.63, 3.8) is 0 Å². The van der Waals surface area contributed by atoms with Gasteiger partial charge in [-0.05, 0) is 41.2 Å². The number of hydrogen-bond donors (Lipinski definition) is 0. The highest BCUT2D eigenvalue weighted by Crippen LogP contribution is 2.25. The zero-order chi connectivity index (χ0) is 19.8. The van der Waals surface area contributed by atoms with Crippen LogP contribution < -0.4 is 5.56 Å². The van der Waals surface area contributed by atoms with Crippen molar-refractivity contribution in [2.24, 2.45) is 0 Å². The molecular formula is C26H29NO. The summed E-state index contributed by atoms with van der Waals surface area (Å²) in [6, 6.07) is 22.6. The normalized spacial score (nSPS) is 11.6. The Morgan fingerprint density at radius 1 is 0.893 bits per heavy atom. The standard InChI is InChI=1S/C26H29NO/c1-3-5-15-23(12-4-2)25-18-24(22-16-10-7-11-17-22)20-27(26(25)28)19-21-13-8-6-9-14-21/h6-11,13-18,20H,3-5,12,19H2,1-2H3. The van der Waals surface area contributed by atoms with Crippen molar-refractivity contribution in [1.82, 2.24) is 4.57 Å². The Morgan fingerprint density at radius 2 is 1.57 bits per heavy atom. The van der Waals surface area contributed by atoms with Gasteiger partial charge in [0.1, 0.15) is 0 Å². The first-order chi connectivity index (χ1) is 13.7. The Labute approximate surface area is 168 Å². The maximum absolute atomic E-state index is 13.4. The Balaban J connectivity index is 2.14. The molecule has 0 radical (unpaired) electrons. The van der Waals surface area contributed by atoms with Gasteiger partial charge in [0.2, 0.25) is 0 Å². The molecule has 3 aromatic rings. The van der Waals surface area contributed by atoms with Gasteiger partial charge in [-0.25, -0.2) is 0 Å². The largest absolute Gasteiger partial charge is 0.310 e. The summed E-state index contributed by atoms with van der Waals surface area (Å²) in [4.78, 5) is 13.4. The van der Waals surface area contributed by atoms with Crippen molar-refractivity contribution < 1.29 is 0 Å². The van der Waals surface area contributed by atoms with Crippen LogP contribution in [0.2, 0.25) is 0 Å². The Kier molecular flexibility index (Phi) is 7.02. The van der Waals surface area contributed by atoms with Crippen LogP contribution in [0.25, 0.3) is 16.7 Å². The Morgan fingerprint density at radius 3 is 2.21 bits per heavy atom. The van der Waals surface area contributed by atoms with Gasteiger partial charge in [0, 0.05) is 11.8 Å². The van der Waals surface area contributed by atoms with Crippen LogP contribution in [0.3, 0.4) is 0 Å². The molecule has 0 aliphatic heterocycles. The topological polar surface area (TPSA) is 22.0 Å². The number of aromatic nitrogens is 1. The van der Waals surface area contributed by atoms with Gasteiger partial charge in [0.05, 0.1) is 6.54 Å². The average molecular weight is 372 g/mol. The number of pyridine rings is 1. The molecule has 2 aromatic carbocycles. The predicted molar refractivity (Wildman–Crippen MR) is 119 cm³/mol. The summed E-state index contributed by atoms with van der Waals surface area (Å²) in [7, 11) is 0. The maximum Gasteiger partial charge on any atom is 0.258 e. The van der Waals surface area contributed by atoms with Gasteiger partial charge in [-0.3, -0.25) is 4.79 Å². The van der Waals surface area contributed by atoms with Crippen LogP contribution >= 0.6 is 0 Å². The van der Waals surface area contributed by atoms with Crippen LogP contribution in [0.15, 0.2) is 83.8 Å². The molecule has 1 aromatic heterocycles. The summed E-state index contributed by atoms with van der Waals surface area (Å²) in [5, 5.41) is 0. The molecule has 1 heterocycles. The molecule has 0 amide bonds. The molecule has 0 fully saturated rings. The molecule has 2 nitrogen and oxygen atoms in total. The second-order valence-corrected chi connectivity index (χ2v) is 7.20. The zero-order valence-electron chi connectivity index (χ0n) is 16.9. The smallest absolute Gasteiger partial charge is 0.258 e. The van der Waals surface area contributed by atoms with E-state index in [0.29, 0.717) is 6.54 Å². The van der Waals surface area contributed by atoms with E-state index in [4.69, 9.17) is 0 Å². The minimum Gasteiger partial charge on any atom is -0.310 e. The lowest BCUT2D eigenvalue weighted by Gasteiger charge is -2.14. The number of nitrogens with zero attached hydrogens (tertiary/aromatic N) is 1. The molecular weight excluding hydrogens is 342 g/mol. The van der Waals surface area contributed by atoms with E-state index in [1.165, 1.54) is 5.57 Å². The van der Waals surface area contributed by atoms with Gasteiger partial charge in [-0.15, -0.1) is 0 Å². The Hall–Kier alpha value is -2.87. The van der Waals surface area contributed by atoms with E-state index in [2.05, 4.69) is 50.3 Å². The molecule has 0 bridgehead atoms. The average Bonchev–Trinajstić information content (AvgIpc) is 2.74. The van der Waals surface area contributed by atoms with Gasteiger partial charge in [-0.1, -0.05) is 93.4 Å². The first kappa shape index (κ1) is 19.9. The van der Waals surface area contributed by atoms with E-state index >= 15 is 0 Å². The van der Waals surface area contributed by atoms with Gasteiger partial charge >= 0.3 is 0 Å². The van der Waals surface area contributed by atoms with E-state index in [-0.39, 0.29) is 5.56 Å². The molecule has 2 heteroatoms. The van der Waals surface area contributed by atoms with Crippen LogP contribution in [-0.4, -0.2) is 4.57 Å². The SMILES string of the molecule is CCCC=C(CCC)c1cc(-c2ccccc2)cn(Cc2ccccc2)c1=O. The molecule has 0 N–H and O–H groups in total. The molecule has 28 heavy (non-hydrogen) atoms. The van der Waals surface area contributed by atoms with Gasteiger partial charge in [0.15, 0.2) is 0 Å². The van der Waals surface area contributed by atoms with Gasteiger partial charge in [-0.2, -0.15) is 0 Å². The highest BCUT2D eigenvalue weighted by atomic mass is 16.1. The number of unbranched alkanes of at least 4 members (excludes halogenated alkanes) is 1.